The Labute approximate surface area is 134 Å². The first-order valence-electron chi connectivity index (χ1n) is 7.33. The van der Waals surface area contributed by atoms with E-state index in [0.717, 1.165) is 41.4 Å². The summed E-state index contributed by atoms with van der Waals surface area (Å²) in [6.07, 6.45) is 1.76. The second kappa shape index (κ2) is 6.66. The van der Waals surface area contributed by atoms with Crippen LogP contribution in [0, 0.1) is 0 Å². The number of aromatic nitrogens is 2. The number of methoxy groups -OCH3 is 1. The summed E-state index contributed by atoms with van der Waals surface area (Å²) in [5.41, 5.74) is 2.36. The molecule has 1 aromatic carbocycles. The number of benzene rings is 1. The van der Waals surface area contributed by atoms with Crippen molar-refractivity contribution in [1.29, 1.82) is 0 Å². The van der Waals surface area contributed by atoms with E-state index in [1.54, 1.807) is 13.3 Å². The quantitative estimate of drug-likeness (QED) is 0.693. The number of rotatable bonds is 3. The van der Waals surface area contributed by atoms with Crippen molar-refractivity contribution in [1.82, 2.24) is 9.97 Å². The lowest BCUT2D eigenvalue weighted by atomic mass is 10.3. The van der Waals surface area contributed by atoms with Crippen molar-refractivity contribution >= 4 is 16.9 Å². The predicted molar refractivity (Wildman–Crippen MR) is 88.9 cm³/mol. The molecule has 1 saturated heterocycles. The number of hydrogen-bond acceptors (Lipinski definition) is 6. The van der Waals surface area contributed by atoms with Crippen LogP contribution in [0.25, 0.3) is 22.6 Å². The summed E-state index contributed by atoms with van der Waals surface area (Å²) in [7, 11) is 5.54. The van der Waals surface area contributed by atoms with E-state index >= 15 is 0 Å². The van der Waals surface area contributed by atoms with Crippen LogP contribution in [-0.2, 0) is 4.74 Å². The predicted octanol–water partition coefficient (Wildman–Crippen LogP) is 2.98. The molecule has 1 aliphatic heterocycles. The monoisotopic (exact) mass is 313 g/mol. The number of oxazole rings is 1. The molecular weight excluding hydrogens is 294 g/mol. The summed E-state index contributed by atoms with van der Waals surface area (Å²) >= 11 is 0. The van der Waals surface area contributed by atoms with Gasteiger partial charge in [-0.3, -0.25) is 0 Å². The van der Waals surface area contributed by atoms with Crippen LogP contribution < -0.4 is 9.64 Å². The Morgan fingerprint density at radius 2 is 1.91 bits per heavy atom. The topological polar surface area (TPSA) is 63.9 Å². The maximum Gasteiger partial charge on any atom is 0.228 e. The Morgan fingerprint density at radius 1 is 1.13 bits per heavy atom. The van der Waals surface area contributed by atoms with Gasteiger partial charge in [0.15, 0.2) is 5.58 Å². The Bertz CT molecular complexity index is 777. The van der Waals surface area contributed by atoms with Gasteiger partial charge in [0.25, 0.3) is 0 Å². The standard InChI is InChI=1S/C15H15N3O2.C2H4O/c1-18(2)14-7-4-10(9-16-14)15-17-12-8-11(19-3)5-6-13(12)20-15;1-2-3-1/h4-9H,1-3H3;1-2H2. The van der Waals surface area contributed by atoms with Gasteiger partial charge in [-0.05, 0) is 24.3 Å². The van der Waals surface area contributed by atoms with E-state index in [2.05, 4.69) is 14.7 Å². The third kappa shape index (κ3) is 3.78. The number of pyridine rings is 1. The van der Waals surface area contributed by atoms with Crippen LogP contribution in [0.3, 0.4) is 0 Å². The lowest BCUT2D eigenvalue weighted by molar-refractivity contribution is 0.415. The van der Waals surface area contributed by atoms with E-state index in [1.807, 2.05) is 49.3 Å². The molecule has 23 heavy (non-hydrogen) atoms. The van der Waals surface area contributed by atoms with Crippen molar-refractivity contribution in [2.45, 2.75) is 0 Å². The summed E-state index contributed by atoms with van der Waals surface area (Å²) in [5.74, 6) is 2.22. The van der Waals surface area contributed by atoms with Crippen molar-refractivity contribution < 1.29 is 13.9 Å². The van der Waals surface area contributed by atoms with Gasteiger partial charge in [-0.1, -0.05) is 0 Å². The molecule has 0 unspecified atom stereocenters. The highest BCUT2D eigenvalue weighted by Crippen LogP contribution is 2.27. The Kier molecular flexibility index (Phi) is 4.43. The first-order valence-corrected chi connectivity index (χ1v) is 7.33. The lowest BCUT2D eigenvalue weighted by Crippen LogP contribution is -2.09. The minimum atomic E-state index is 0.561. The summed E-state index contributed by atoms with van der Waals surface area (Å²) in [5, 5.41) is 0. The molecule has 0 N–H and O–H groups in total. The Morgan fingerprint density at radius 3 is 2.48 bits per heavy atom. The molecule has 0 spiro atoms. The molecule has 0 saturated carbocycles. The zero-order chi connectivity index (χ0) is 16.2. The van der Waals surface area contributed by atoms with E-state index in [0.29, 0.717) is 5.89 Å². The van der Waals surface area contributed by atoms with Crippen molar-refractivity contribution in [2.75, 3.05) is 39.3 Å². The normalized spacial score (nSPS) is 12.5. The fourth-order valence-electron chi connectivity index (χ4n) is 1.93. The lowest BCUT2D eigenvalue weighted by Gasteiger charge is -2.10. The highest BCUT2D eigenvalue weighted by molar-refractivity contribution is 5.77. The summed E-state index contributed by atoms with van der Waals surface area (Å²) in [4.78, 5) is 10.8. The smallest absolute Gasteiger partial charge is 0.228 e. The number of epoxide rings is 1. The van der Waals surface area contributed by atoms with Crippen molar-refractivity contribution in [3.05, 3.63) is 36.5 Å². The van der Waals surface area contributed by atoms with Crippen LogP contribution in [0.15, 0.2) is 40.9 Å². The zero-order valence-corrected chi connectivity index (χ0v) is 13.4. The Hall–Kier alpha value is -2.60. The molecule has 6 nitrogen and oxygen atoms in total. The largest absolute Gasteiger partial charge is 0.497 e. The number of nitrogens with zero attached hydrogens (tertiary/aromatic N) is 3. The maximum absolute atomic E-state index is 5.73. The van der Waals surface area contributed by atoms with Crippen LogP contribution in [0.4, 0.5) is 5.82 Å². The van der Waals surface area contributed by atoms with Crippen molar-refractivity contribution in [3.63, 3.8) is 0 Å². The number of anilines is 1. The van der Waals surface area contributed by atoms with Crippen LogP contribution in [0.2, 0.25) is 0 Å². The van der Waals surface area contributed by atoms with E-state index in [9.17, 15) is 0 Å². The summed E-state index contributed by atoms with van der Waals surface area (Å²) in [6.45, 7) is 2.00. The highest BCUT2D eigenvalue weighted by atomic mass is 16.6. The van der Waals surface area contributed by atoms with Gasteiger partial charge >= 0.3 is 0 Å². The second-order valence-corrected chi connectivity index (χ2v) is 5.26. The van der Waals surface area contributed by atoms with E-state index < -0.39 is 0 Å². The Balaban J connectivity index is 0.000000468. The zero-order valence-electron chi connectivity index (χ0n) is 13.4. The molecule has 6 heteroatoms. The highest BCUT2D eigenvalue weighted by Gasteiger charge is 2.09. The molecular formula is C17H19N3O3. The van der Waals surface area contributed by atoms with Gasteiger partial charge in [0.2, 0.25) is 5.89 Å². The first-order chi connectivity index (χ1) is 11.2. The molecule has 0 aliphatic carbocycles. The fraction of sp³-hybridized carbons (Fsp3) is 0.294. The van der Waals surface area contributed by atoms with E-state index in [-0.39, 0.29) is 0 Å². The molecule has 0 atom stereocenters. The minimum absolute atomic E-state index is 0.561. The van der Waals surface area contributed by atoms with E-state index in [4.69, 9.17) is 9.15 Å². The summed E-state index contributed by atoms with van der Waals surface area (Å²) < 4.78 is 15.4. The van der Waals surface area contributed by atoms with Gasteiger partial charge < -0.3 is 18.8 Å². The van der Waals surface area contributed by atoms with Gasteiger partial charge in [0, 0.05) is 26.4 Å². The molecule has 0 bridgehead atoms. The van der Waals surface area contributed by atoms with Crippen LogP contribution in [-0.4, -0.2) is 44.4 Å². The van der Waals surface area contributed by atoms with Crippen LogP contribution >= 0.6 is 0 Å². The van der Waals surface area contributed by atoms with Gasteiger partial charge in [0.05, 0.1) is 25.9 Å². The van der Waals surface area contributed by atoms with Gasteiger partial charge in [-0.15, -0.1) is 0 Å². The molecule has 1 fully saturated rings. The molecule has 0 radical (unpaired) electrons. The van der Waals surface area contributed by atoms with Crippen LogP contribution in [0.1, 0.15) is 0 Å². The third-order valence-corrected chi connectivity index (χ3v) is 3.25. The third-order valence-electron chi connectivity index (χ3n) is 3.25. The average molecular weight is 313 g/mol. The van der Waals surface area contributed by atoms with Gasteiger partial charge in [0.1, 0.15) is 17.1 Å². The summed E-state index contributed by atoms with van der Waals surface area (Å²) in [6, 6.07) is 9.44. The van der Waals surface area contributed by atoms with Gasteiger partial charge in [-0.2, -0.15) is 0 Å². The fourth-order valence-corrected chi connectivity index (χ4v) is 1.93. The first kappa shape index (κ1) is 15.3. The molecule has 4 rings (SSSR count). The number of hydrogen-bond donors (Lipinski definition) is 0. The molecule has 3 heterocycles. The molecule has 120 valence electrons. The number of fused-ring (bicyclic) bond motifs is 1. The second-order valence-electron chi connectivity index (χ2n) is 5.26. The average Bonchev–Trinajstić information content (AvgIpc) is 3.40. The molecule has 1 aliphatic rings. The molecule has 0 amide bonds. The van der Waals surface area contributed by atoms with Crippen molar-refractivity contribution in [2.24, 2.45) is 0 Å². The maximum atomic E-state index is 5.73. The van der Waals surface area contributed by atoms with E-state index in [1.165, 1.54) is 0 Å². The van der Waals surface area contributed by atoms with Crippen molar-refractivity contribution in [3.8, 4) is 17.2 Å². The van der Waals surface area contributed by atoms with Gasteiger partial charge in [-0.25, -0.2) is 9.97 Å². The van der Waals surface area contributed by atoms with Crippen LogP contribution in [0.5, 0.6) is 5.75 Å². The molecule has 3 aromatic rings. The SMILES string of the molecule is C1CO1.COc1ccc2oc(-c3ccc(N(C)C)nc3)nc2c1. The molecule has 2 aromatic heterocycles. The number of ether oxygens (including phenoxy) is 2. The minimum Gasteiger partial charge on any atom is -0.497 e.